The van der Waals surface area contributed by atoms with E-state index in [2.05, 4.69) is 27.1 Å². The number of fused-ring (bicyclic) bond motifs is 1. The molecule has 0 spiro atoms. The number of aryl methyl sites for hydroxylation is 1. The van der Waals surface area contributed by atoms with Crippen LogP contribution in [-0.4, -0.2) is 55.3 Å². The van der Waals surface area contributed by atoms with Crippen molar-refractivity contribution in [3.05, 3.63) is 11.9 Å². The summed E-state index contributed by atoms with van der Waals surface area (Å²) in [5.74, 6) is 5.54. The first-order chi connectivity index (χ1) is 16.7. The summed E-state index contributed by atoms with van der Waals surface area (Å²) in [6, 6.07) is 0. The lowest BCUT2D eigenvalue weighted by atomic mass is 10.2. The Morgan fingerprint density at radius 3 is 2.60 bits per heavy atom. The van der Waals surface area contributed by atoms with Crippen LogP contribution in [0.3, 0.4) is 0 Å². The van der Waals surface area contributed by atoms with Gasteiger partial charge in [-0.1, -0.05) is 5.92 Å². The highest BCUT2D eigenvalue weighted by Crippen LogP contribution is 2.33. The van der Waals surface area contributed by atoms with Gasteiger partial charge in [0, 0.05) is 12.5 Å². The quantitative estimate of drug-likeness (QED) is 0.327. The van der Waals surface area contributed by atoms with Crippen LogP contribution in [0.4, 0.5) is 19.0 Å². The molecule has 0 saturated heterocycles. The van der Waals surface area contributed by atoms with Gasteiger partial charge in [0.25, 0.3) is 0 Å². The number of nitrogens with zero attached hydrogens (tertiary/aromatic N) is 5. The molecular weight excluding hydrogens is 471 g/mol. The van der Waals surface area contributed by atoms with Gasteiger partial charge in [-0.3, -0.25) is 0 Å². The minimum atomic E-state index is -5.08. The van der Waals surface area contributed by atoms with Gasteiger partial charge >= 0.3 is 12.1 Å². The number of halogens is 3. The van der Waals surface area contributed by atoms with Crippen LogP contribution in [0.15, 0.2) is 10.8 Å². The number of rotatable bonds is 7. The van der Waals surface area contributed by atoms with Crippen molar-refractivity contribution in [3.63, 3.8) is 0 Å². The number of imidazole rings is 1. The van der Waals surface area contributed by atoms with E-state index in [0.29, 0.717) is 54.1 Å². The molecule has 4 rings (SSSR count). The van der Waals surface area contributed by atoms with Crippen molar-refractivity contribution >= 4 is 22.8 Å². The van der Waals surface area contributed by atoms with Gasteiger partial charge in [-0.2, -0.15) is 13.2 Å². The molecule has 0 aliphatic heterocycles. The van der Waals surface area contributed by atoms with Gasteiger partial charge in [-0.05, 0) is 55.4 Å². The fourth-order valence-electron chi connectivity index (χ4n) is 2.98. The number of unbranched alkanes of at least 4 members (excludes halogenated alkanes) is 1. The van der Waals surface area contributed by atoms with Gasteiger partial charge in [0.05, 0.1) is 12.8 Å². The van der Waals surface area contributed by atoms with E-state index >= 15 is 0 Å². The zero-order valence-electron chi connectivity index (χ0n) is 18.8. The maximum Gasteiger partial charge on any atom is 0.490 e. The van der Waals surface area contributed by atoms with Crippen molar-refractivity contribution in [2.75, 3.05) is 18.9 Å². The first-order valence-corrected chi connectivity index (χ1v) is 10.8. The predicted octanol–water partition coefficient (Wildman–Crippen LogP) is 2.60. The number of aliphatic carboxylic acids is 1. The summed E-state index contributed by atoms with van der Waals surface area (Å²) in [5.41, 5.74) is 14.0. The van der Waals surface area contributed by atoms with Crippen molar-refractivity contribution in [3.8, 4) is 29.1 Å². The second kappa shape index (κ2) is 11.0. The molecule has 1 aliphatic carbocycles. The molecule has 3 aromatic rings. The summed E-state index contributed by atoms with van der Waals surface area (Å²) in [5, 5.41) is 14.7. The molecule has 3 aromatic heterocycles. The third-order valence-electron chi connectivity index (χ3n) is 4.85. The smallest absolute Gasteiger partial charge is 0.490 e. The highest BCUT2D eigenvalue weighted by molar-refractivity contribution is 5.89. The maximum absolute atomic E-state index is 10.6. The number of carboxylic acid groups (broad SMARTS) is 1. The summed E-state index contributed by atoms with van der Waals surface area (Å²) < 4.78 is 44.5. The number of pyridine rings is 1. The number of anilines is 1. The second-order valence-electron chi connectivity index (χ2n) is 7.54. The highest BCUT2D eigenvalue weighted by atomic mass is 19.4. The van der Waals surface area contributed by atoms with Gasteiger partial charge in [0.15, 0.2) is 23.1 Å². The maximum atomic E-state index is 10.6. The SMILES string of the molecule is CCn1c(-c2nonc2N)nc2c(C#CC3CC3)ncc(OCCCCN)c21.O=C(O)C(F)(F)F. The number of carboxylic acids is 1. The fourth-order valence-corrected chi connectivity index (χ4v) is 2.98. The monoisotopic (exact) mass is 495 g/mol. The topological polar surface area (TPSA) is 168 Å². The number of hydrogen-bond donors (Lipinski definition) is 3. The predicted molar refractivity (Wildman–Crippen MR) is 118 cm³/mol. The Hall–Kier alpha value is -3.86. The molecule has 0 atom stereocenters. The van der Waals surface area contributed by atoms with Gasteiger partial charge < -0.3 is 25.9 Å². The largest absolute Gasteiger partial charge is 0.490 e. The summed E-state index contributed by atoms with van der Waals surface area (Å²) in [7, 11) is 0. The van der Waals surface area contributed by atoms with E-state index in [1.54, 1.807) is 6.20 Å². The molecule has 0 amide bonds. The first-order valence-electron chi connectivity index (χ1n) is 10.8. The van der Waals surface area contributed by atoms with Crippen LogP contribution < -0.4 is 16.2 Å². The molecular formula is C21H24F3N7O4. The Labute approximate surface area is 197 Å². The molecule has 11 nitrogen and oxygen atoms in total. The lowest BCUT2D eigenvalue weighted by molar-refractivity contribution is -0.192. The molecule has 35 heavy (non-hydrogen) atoms. The van der Waals surface area contributed by atoms with Crippen molar-refractivity contribution in [1.82, 2.24) is 24.8 Å². The van der Waals surface area contributed by atoms with Crippen molar-refractivity contribution in [1.29, 1.82) is 0 Å². The van der Waals surface area contributed by atoms with Gasteiger partial charge in [-0.15, -0.1) is 0 Å². The van der Waals surface area contributed by atoms with Crippen molar-refractivity contribution < 1.29 is 32.4 Å². The Morgan fingerprint density at radius 1 is 1.34 bits per heavy atom. The molecule has 5 N–H and O–H groups in total. The van der Waals surface area contributed by atoms with Crippen LogP contribution in [0.5, 0.6) is 5.75 Å². The lowest BCUT2D eigenvalue weighted by Crippen LogP contribution is -2.21. The zero-order chi connectivity index (χ0) is 25.6. The first kappa shape index (κ1) is 25.8. The highest BCUT2D eigenvalue weighted by Gasteiger charge is 2.38. The van der Waals surface area contributed by atoms with E-state index in [-0.39, 0.29) is 5.82 Å². The molecule has 1 aliphatic rings. The number of nitrogen functional groups attached to an aromatic ring is 1. The number of carbonyl (C=O) groups is 1. The van der Waals surface area contributed by atoms with Crippen LogP contribution in [0.25, 0.3) is 22.6 Å². The van der Waals surface area contributed by atoms with E-state index in [9.17, 15) is 13.2 Å². The summed E-state index contributed by atoms with van der Waals surface area (Å²) in [6.45, 7) is 3.85. The molecule has 0 radical (unpaired) electrons. The molecule has 1 saturated carbocycles. The average molecular weight is 495 g/mol. The van der Waals surface area contributed by atoms with Gasteiger partial charge in [-0.25, -0.2) is 19.4 Å². The number of alkyl halides is 3. The Morgan fingerprint density at radius 2 is 2.06 bits per heavy atom. The third-order valence-corrected chi connectivity index (χ3v) is 4.85. The van der Waals surface area contributed by atoms with Gasteiger partial charge in [0.2, 0.25) is 0 Å². The molecule has 14 heteroatoms. The second-order valence-corrected chi connectivity index (χ2v) is 7.54. The van der Waals surface area contributed by atoms with E-state index in [1.165, 1.54) is 0 Å². The molecule has 1 fully saturated rings. The van der Waals surface area contributed by atoms with Crippen LogP contribution in [0.1, 0.15) is 38.3 Å². The molecule has 0 unspecified atom stereocenters. The van der Waals surface area contributed by atoms with E-state index in [1.807, 2.05) is 11.5 Å². The number of ether oxygens (including phenoxy) is 1. The summed E-state index contributed by atoms with van der Waals surface area (Å²) in [4.78, 5) is 18.1. The van der Waals surface area contributed by atoms with Crippen molar-refractivity contribution in [2.24, 2.45) is 11.7 Å². The van der Waals surface area contributed by atoms with E-state index in [4.69, 9.17) is 35.7 Å². The Balaban J connectivity index is 0.000000429. The molecule has 0 bridgehead atoms. The number of hydrogen-bond acceptors (Lipinski definition) is 9. The van der Waals surface area contributed by atoms with Crippen molar-refractivity contribution in [2.45, 2.75) is 45.3 Å². The van der Waals surface area contributed by atoms with Crippen LogP contribution in [0.2, 0.25) is 0 Å². The minimum absolute atomic E-state index is 0.189. The molecule has 0 aromatic carbocycles. The number of nitrogens with two attached hydrogens (primary N) is 2. The summed E-state index contributed by atoms with van der Waals surface area (Å²) >= 11 is 0. The minimum Gasteiger partial charge on any atom is -0.490 e. The standard InChI is InChI=1S/C19H23N7O2.C2HF3O2/c1-2-26-17-14(27-10-4-3-9-20)11-22-13(8-7-12-5-6-12)15(17)23-19(26)16-18(21)25-28-24-16;3-2(4,5)1(6)7/h11-12H,2-6,9-10,20H2,1H3,(H2,21,25);(H,6,7). The normalized spacial score (nSPS) is 13.1. The van der Waals surface area contributed by atoms with Crippen LogP contribution >= 0.6 is 0 Å². The Bertz CT molecular complexity index is 1240. The fraction of sp³-hybridized carbons (Fsp3) is 0.476. The van der Waals surface area contributed by atoms with E-state index < -0.39 is 12.1 Å². The average Bonchev–Trinajstić information content (AvgIpc) is 3.42. The number of aromatic nitrogens is 5. The van der Waals surface area contributed by atoms with E-state index in [0.717, 1.165) is 31.2 Å². The van der Waals surface area contributed by atoms with Gasteiger partial charge in [0.1, 0.15) is 16.7 Å². The molecule has 188 valence electrons. The summed E-state index contributed by atoms with van der Waals surface area (Å²) in [6.07, 6.45) is 0.696. The third kappa shape index (κ3) is 6.38. The van der Waals surface area contributed by atoms with Crippen LogP contribution in [0, 0.1) is 17.8 Å². The molecule has 3 heterocycles. The Kier molecular flexibility index (Phi) is 8.13. The lowest BCUT2D eigenvalue weighted by Gasteiger charge is -2.10. The zero-order valence-corrected chi connectivity index (χ0v) is 18.8. The van der Waals surface area contributed by atoms with Crippen LogP contribution in [-0.2, 0) is 11.3 Å².